The zero-order valence-electron chi connectivity index (χ0n) is 10.2. The summed E-state index contributed by atoms with van der Waals surface area (Å²) in [5, 5.41) is 8.78. The molecular formula is C14H18N2O. The summed E-state index contributed by atoms with van der Waals surface area (Å²) in [6.07, 6.45) is 2.44. The van der Waals surface area contributed by atoms with E-state index in [1.165, 1.54) is 5.69 Å². The highest BCUT2D eigenvalue weighted by Crippen LogP contribution is 2.19. The van der Waals surface area contributed by atoms with Crippen molar-refractivity contribution >= 4 is 5.69 Å². The first kappa shape index (κ1) is 11.9. The Labute approximate surface area is 103 Å². The highest BCUT2D eigenvalue weighted by molar-refractivity contribution is 5.49. The lowest BCUT2D eigenvalue weighted by atomic mass is 10.2. The van der Waals surface area contributed by atoms with Gasteiger partial charge >= 0.3 is 0 Å². The Balaban J connectivity index is 2.11. The SMILES string of the molecule is CCC1CN(c2ccc(C#N)cc2)CCCO1. The van der Waals surface area contributed by atoms with Crippen LogP contribution < -0.4 is 4.90 Å². The highest BCUT2D eigenvalue weighted by Gasteiger charge is 2.17. The molecule has 1 aromatic carbocycles. The third kappa shape index (κ3) is 2.98. The van der Waals surface area contributed by atoms with E-state index in [0.717, 1.165) is 32.5 Å². The maximum absolute atomic E-state index is 8.78. The van der Waals surface area contributed by atoms with Crippen LogP contribution in [-0.4, -0.2) is 25.8 Å². The lowest BCUT2D eigenvalue weighted by Crippen LogP contribution is -2.31. The number of rotatable bonds is 2. The molecule has 1 aliphatic rings. The van der Waals surface area contributed by atoms with Crippen molar-refractivity contribution in [3.8, 4) is 6.07 Å². The molecule has 90 valence electrons. The summed E-state index contributed by atoms with van der Waals surface area (Å²) in [4.78, 5) is 2.35. The van der Waals surface area contributed by atoms with E-state index in [4.69, 9.17) is 10.00 Å². The molecule has 1 heterocycles. The van der Waals surface area contributed by atoms with Crippen LogP contribution in [-0.2, 0) is 4.74 Å². The van der Waals surface area contributed by atoms with E-state index in [1.807, 2.05) is 24.3 Å². The van der Waals surface area contributed by atoms with Crippen molar-refractivity contribution in [3.63, 3.8) is 0 Å². The van der Waals surface area contributed by atoms with Gasteiger partial charge in [0.25, 0.3) is 0 Å². The van der Waals surface area contributed by atoms with Crippen molar-refractivity contribution in [1.29, 1.82) is 5.26 Å². The fraction of sp³-hybridized carbons (Fsp3) is 0.500. The van der Waals surface area contributed by atoms with E-state index in [2.05, 4.69) is 17.9 Å². The average molecular weight is 230 g/mol. The molecule has 1 aliphatic heterocycles. The van der Waals surface area contributed by atoms with E-state index in [9.17, 15) is 0 Å². The standard InChI is InChI=1S/C14H18N2O/c1-2-14-11-16(8-3-9-17-14)13-6-4-12(10-15)5-7-13/h4-7,14H,2-3,8-9,11H2,1H3. The fourth-order valence-electron chi connectivity index (χ4n) is 2.12. The number of nitriles is 1. The minimum absolute atomic E-state index is 0.327. The minimum atomic E-state index is 0.327. The second kappa shape index (κ2) is 5.70. The zero-order valence-corrected chi connectivity index (χ0v) is 10.2. The maximum atomic E-state index is 8.78. The van der Waals surface area contributed by atoms with Crippen LogP contribution in [0.5, 0.6) is 0 Å². The van der Waals surface area contributed by atoms with Gasteiger partial charge in [0, 0.05) is 25.4 Å². The summed E-state index contributed by atoms with van der Waals surface area (Å²) in [7, 11) is 0. The normalized spacial score (nSPS) is 20.7. The van der Waals surface area contributed by atoms with Gasteiger partial charge < -0.3 is 9.64 Å². The largest absolute Gasteiger partial charge is 0.376 e. The average Bonchev–Trinajstić information content (AvgIpc) is 2.64. The minimum Gasteiger partial charge on any atom is -0.376 e. The summed E-state index contributed by atoms with van der Waals surface area (Å²) in [6, 6.07) is 9.95. The summed E-state index contributed by atoms with van der Waals surface area (Å²) in [5.41, 5.74) is 1.90. The summed E-state index contributed by atoms with van der Waals surface area (Å²) < 4.78 is 5.75. The predicted molar refractivity (Wildman–Crippen MR) is 68.0 cm³/mol. The molecule has 17 heavy (non-hydrogen) atoms. The molecule has 0 amide bonds. The molecule has 0 saturated carbocycles. The Kier molecular flexibility index (Phi) is 4.00. The van der Waals surface area contributed by atoms with E-state index in [1.54, 1.807) is 0 Å². The molecular weight excluding hydrogens is 212 g/mol. The summed E-state index contributed by atoms with van der Waals surface area (Å²) in [5.74, 6) is 0. The van der Waals surface area contributed by atoms with Gasteiger partial charge in [-0.2, -0.15) is 5.26 Å². The highest BCUT2D eigenvalue weighted by atomic mass is 16.5. The topological polar surface area (TPSA) is 36.3 Å². The van der Waals surface area contributed by atoms with Crippen LogP contribution in [0.4, 0.5) is 5.69 Å². The van der Waals surface area contributed by atoms with Gasteiger partial charge in [0.1, 0.15) is 0 Å². The number of hydrogen-bond donors (Lipinski definition) is 0. The monoisotopic (exact) mass is 230 g/mol. The molecule has 0 aromatic heterocycles. The third-order valence-electron chi connectivity index (χ3n) is 3.17. The Morgan fingerprint density at radius 2 is 2.18 bits per heavy atom. The number of nitrogens with zero attached hydrogens (tertiary/aromatic N) is 2. The lowest BCUT2D eigenvalue weighted by molar-refractivity contribution is 0.0664. The van der Waals surface area contributed by atoms with Crippen molar-refractivity contribution in [3.05, 3.63) is 29.8 Å². The van der Waals surface area contributed by atoms with Crippen LogP contribution in [0.2, 0.25) is 0 Å². The van der Waals surface area contributed by atoms with Crippen LogP contribution in [0.15, 0.2) is 24.3 Å². The van der Waals surface area contributed by atoms with E-state index in [0.29, 0.717) is 11.7 Å². The number of hydrogen-bond acceptors (Lipinski definition) is 3. The molecule has 0 N–H and O–H groups in total. The Bertz CT molecular complexity index is 394. The molecule has 1 saturated heterocycles. The predicted octanol–water partition coefficient (Wildman–Crippen LogP) is 2.56. The molecule has 3 nitrogen and oxygen atoms in total. The first-order valence-corrected chi connectivity index (χ1v) is 6.20. The van der Waals surface area contributed by atoms with Crippen LogP contribution >= 0.6 is 0 Å². The smallest absolute Gasteiger partial charge is 0.0991 e. The molecule has 0 spiro atoms. The quantitative estimate of drug-likeness (QED) is 0.783. The Hall–Kier alpha value is -1.53. The molecule has 1 aromatic rings. The number of anilines is 1. The van der Waals surface area contributed by atoms with Crippen LogP contribution in [0.1, 0.15) is 25.3 Å². The molecule has 0 aliphatic carbocycles. The van der Waals surface area contributed by atoms with Gasteiger partial charge in [-0.05, 0) is 37.1 Å². The lowest BCUT2D eigenvalue weighted by Gasteiger charge is -2.25. The molecule has 2 rings (SSSR count). The van der Waals surface area contributed by atoms with E-state index < -0.39 is 0 Å². The fourth-order valence-corrected chi connectivity index (χ4v) is 2.12. The van der Waals surface area contributed by atoms with Gasteiger partial charge in [-0.15, -0.1) is 0 Å². The molecule has 0 bridgehead atoms. The second-order valence-corrected chi connectivity index (χ2v) is 4.36. The van der Waals surface area contributed by atoms with Crippen molar-refractivity contribution in [1.82, 2.24) is 0 Å². The molecule has 1 fully saturated rings. The van der Waals surface area contributed by atoms with Crippen LogP contribution in [0.3, 0.4) is 0 Å². The maximum Gasteiger partial charge on any atom is 0.0991 e. The molecule has 1 unspecified atom stereocenters. The Morgan fingerprint density at radius 3 is 2.82 bits per heavy atom. The van der Waals surface area contributed by atoms with Crippen molar-refractivity contribution in [2.75, 3.05) is 24.6 Å². The Morgan fingerprint density at radius 1 is 1.41 bits per heavy atom. The first-order valence-electron chi connectivity index (χ1n) is 6.20. The molecule has 1 atom stereocenters. The third-order valence-corrected chi connectivity index (χ3v) is 3.17. The second-order valence-electron chi connectivity index (χ2n) is 4.36. The van der Waals surface area contributed by atoms with Gasteiger partial charge in [-0.25, -0.2) is 0 Å². The van der Waals surface area contributed by atoms with E-state index in [-0.39, 0.29) is 0 Å². The summed E-state index contributed by atoms with van der Waals surface area (Å²) >= 11 is 0. The van der Waals surface area contributed by atoms with Crippen molar-refractivity contribution in [2.24, 2.45) is 0 Å². The summed E-state index contributed by atoms with van der Waals surface area (Å²) in [6.45, 7) is 4.99. The van der Waals surface area contributed by atoms with Gasteiger partial charge in [0.05, 0.1) is 17.7 Å². The van der Waals surface area contributed by atoms with Crippen LogP contribution in [0.25, 0.3) is 0 Å². The number of benzene rings is 1. The van der Waals surface area contributed by atoms with Gasteiger partial charge in [0.2, 0.25) is 0 Å². The van der Waals surface area contributed by atoms with Crippen LogP contribution in [0, 0.1) is 11.3 Å². The molecule has 3 heteroatoms. The van der Waals surface area contributed by atoms with E-state index >= 15 is 0 Å². The molecule has 0 radical (unpaired) electrons. The number of ether oxygens (including phenoxy) is 1. The van der Waals surface area contributed by atoms with Gasteiger partial charge in [-0.3, -0.25) is 0 Å². The van der Waals surface area contributed by atoms with Crippen molar-refractivity contribution < 1.29 is 4.74 Å². The zero-order chi connectivity index (χ0) is 12.1. The first-order chi connectivity index (χ1) is 8.33. The van der Waals surface area contributed by atoms with Gasteiger partial charge in [-0.1, -0.05) is 6.92 Å². The van der Waals surface area contributed by atoms with Crippen molar-refractivity contribution in [2.45, 2.75) is 25.9 Å². The van der Waals surface area contributed by atoms with Gasteiger partial charge in [0.15, 0.2) is 0 Å².